The number of nitrogens with one attached hydrogen (secondary N) is 1. The van der Waals surface area contributed by atoms with E-state index in [4.69, 9.17) is 8.94 Å². The van der Waals surface area contributed by atoms with E-state index in [0.29, 0.717) is 17.1 Å². The van der Waals surface area contributed by atoms with Crippen LogP contribution in [0, 0.1) is 12.7 Å². The van der Waals surface area contributed by atoms with Crippen LogP contribution in [-0.2, 0) is 6.54 Å². The van der Waals surface area contributed by atoms with Gasteiger partial charge in [0.25, 0.3) is 5.91 Å². The Balaban J connectivity index is 1.44. The lowest BCUT2D eigenvalue weighted by molar-refractivity contribution is 0.0940. The number of nitrogens with zero attached hydrogens (tertiary/aromatic N) is 3. The molecule has 1 N–H and O–H groups in total. The zero-order valence-corrected chi connectivity index (χ0v) is 14.8. The van der Waals surface area contributed by atoms with Crippen LogP contribution < -0.4 is 5.32 Å². The Labute approximate surface area is 159 Å². The Bertz CT molecular complexity index is 1100. The Morgan fingerprint density at radius 1 is 1.04 bits per heavy atom. The molecular weight excluding hydrogens is 363 g/mol. The largest absolute Gasteiger partial charge is 0.441 e. The average Bonchev–Trinajstić information content (AvgIpc) is 3.34. The van der Waals surface area contributed by atoms with Gasteiger partial charge in [0.2, 0.25) is 17.6 Å². The molecule has 2 heterocycles. The van der Waals surface area contributed by atoms with Crippen LogP contribution in [0.2, 0.25) is 0 Å². The van der Waals surface area contributed by atoms with Gasteiger partial charge < -0.3 is 14.3 Å². The van der Waals surface area contributed by atoms with E-state index in [1.54, 1.807) is 6.92 Å². The summed E-state index contributed by atoms with van der Waals surface area (Å²) in [5, 5.41) is 6.58. The monoisotopic (exact) mass is 378 g/mol. The van der Waals surface area contributed by atoms with E-state index in [-0.39, 0.29) is 29.8 Å². The van der Waals surface area contributed by atoms with Crippen LogP contribution >= 0.6 is 0 Å². The molecule has 2 aromatic heterocycles. The van der Waals surface area contributed by atoms with Crippen LogP contribution in [0.15, 0.2) is 63.5 Å². The van der Waals surface area contributed by atoms with Gasteiger partial charge in [0.1, 0.15) is 11.6 Å². The van der Waals surface area contributed by atoms with Crippen LogP contribution in [0.5, 0.6) is 0 Å². The Hall–Kier alpha value is -3.81. The lowest BCUT2D eigenvalue weighted by Crippen LogP contribution is -2.24. The summed E-state index contributed by atoms with van der Waals surface area (Å²) < 4.78 is 23.7. The van der Waals surface area contributed by atoms with Gasteiger partial charge in [-0.2, -0.15) is 4.98 Å². The van der Waals surface area contributed by atoms with Crippen molar-refractivity contribution in [3.63, 3.8) is 0 Å². The first kappa shape index (κ1) is 17.6. The van der Waals surface area contributed by atoms with Crippen molar-refractivity contribution in [1.29, 1.82) is 0 Å². The van der Waals surface area contributed by atoms with Crippen molar-refractivity contribution in [2.24, 2.45) is 0 Å². The molecule has 0 aliphatic heterocycles. The minimum absolute atomic E-state index is 0.0524. The highest BCUT2D eigenvalue weighted by molar-refractivity contribution is 5.93. The standard InChI is InChI=1S/C20H15FN4O3/c1-12-17(24-20(27-12)14-7-9-15(21)10-8-14)19(26)22-11-16-23-18(25-28-16)13-5-3-2-4-6-13/h2-10H,11H2,1H3,(H,22,26). The van der Waals surface area contributed by atoms with Gasteiger partial charge in [-0.05, 0) is 31.2 Å². The second-order valence-corrected chi connectivity index (χ2v) is 5.99. The number of rotatable bonds is 5. The average molecular weight is 378 g/mol. The molecule has 4 aromatic rings. The Morgan fingerprint density at radius 2 is 1.79 bits per heavy atom. The van der Waals surface area contributed by atoms with Crippen molar-refractivity contribution in [3.05, 3.63) is 77.8 Å². The highest BCUT2D eigenvalue weighted by Gasteiger charge is 2.19. The van der Waals surface area contributed by atoms with Gasteiger partial charge in [-0.3, -0.25) is 4.79 Å². The number of halogens is 1. The summed E-state index contributed by atoms with van der Waals surface area (Å²) in [5.74, 6) is 0.515. The van der Waals surface area contributed by atoms with E-state index in [1.807, 2.05) is 30.3 Å². The molecule has 8 heteroatoms. The van der Waals surface area contributed by atoms with E-state index in [0.717, 1.165) is 5.56 Å². The van der Waals surface area contributed by atoms with Crippen LogP contribution in [0.4, 0.5) is 4.39 Å². The maximum Gasteiger partial charge on any atom is 0.273 e. The fraction of sp³-hybridized carbons (Fsp3) is 0.100. The molecule has 0 saturated carbocycles. The lowest BCUT2D eigenvalue weighted by Gasteiger charge is -1.99. The van der Waals surface area contributed by atoms with Gasteiger partial charge in [-0.15, -0.1) is 0 Å². The topological polar surface area (TPSA) is 94.1 Å². The zero-order chi connectivity index (χ0) is 19.5. The third-order valence-corrected chi connectivity index (χ3v) is 4.00. The van der Waals surface area contributed by atoms with Crippen molar-refractivity contribution in [2.45, 2.75) is 13.5 Å². The number of oxazole rings is 1. The number of amides is 1. The molecule has 0 fully saturated rings. The molecule has 0 aliphatic carbocycles. The SMILES string of the molecule is Cc1oc(-c2ccc(F)cc2)nc1C(=O)NCc1nc(-c2ccccc2)no1. The number of hydrogen-bond donors (Lipinski definition) is 1. The fourth-order valence-electron chi connectivity index (χ4n) is 2.59. The van der Waals surface area contributed by atoms with E-state index in [2.05, 4.69) is 20.4 Å². The Kier molecular flexibility index (Phi) is 4.67. The number of carbonyl (C=O) groups excluding carboxylic acids is 1. The van der Waals surface area contributed by atoms with E-state index < -0.39 is 5.91 Å². The van der Waals surface area contributed by atoms with Gasteiger partial charge in [0, 0.05) is 11.1 Å². The summed E-state index contributed by atoms with van der Waals surface area (Å²) in [4.78, 5) is 20.9. The predicted molar refractivity (Wildman–Crippen MR) is 97.5 cm³/mol. The number of aromatic nitrogens is 3. The van der Waals surface area contributed by atoms with Gasteiger partial charge in [0.15, 0.2) is 5.69 Å². The summed E-state index contributed by atoms with van der Waals surface area (Å²) >= 11 is 0. The molecule has 0 spiro atoms. The quantitative estimate of drug-likeness (QED) is 0.568. The molecule has 28 heavy (non-hydrogen) atoms. The van der Waals surface area contributed by atoms with Crippen LogP contribution in [0.3, 0.4) is 0 Å². The molecule has 0 saturated heterocycles. The maximum absolute atomic E-state index is 13.1. The molecule has 1 amide bonds. The Morgan fingerprint density at radius 3 is 2.54 bits per heavy atom. The van der Waals surface area contributed by atoms with E-state index >= 15 is 0 Å². The minimum Gasteiger partial charge on any atom is -0.441 e. The lowest BCUT2D eigenvalue weighted by atomic mass is 10.2. The molecule has 2 aromatic carbocycles. The molecule has 4 rings (SSSR count). The van der Waals surface area contributed by atoms with E-state index in [1.165, 1.54) is 24.3 Å². The normalized spacial score (nSPS) is 10.8. The van der Waals surface area contributed by atoms with Crippen LogP contribution in [0.1, 0.15) is 22.1 Å². The predicted octanol–water partition coefficient (Wildman–Crippen LogP) is 3.77. The van der Waals surface area contributed by atoms with E-state index in [9.17, 15) is 9.18 Å². The fourth-order valence-corrected chi connectivity index (χ4v) is 2.59. The number of benzene rings is 2. The molecule has 0 bridgehead atoms. The van der Waals surface area contributed by atoms with Crippen molar-refractivity contribution in [2.75, 3.05) is 0 Å². The first-order chi connectivity index (χ1) is 13.6. The van der Waals surface area contributed by atoms with Crippen molar-refractivity contribution in [3.8, 4) is 22.8 Å². The van der Waals surface area contributed by atoms with Gasteiger partial charge in [0.05, 0.1) is 6.54 Å². The van der Waals surface area contributed by atoms with Crippen molar-refractivity contribution in [1.82, 2.24) is 20.4 Å². The first-order valence-corrected chi connectivity index (χ1v) is 8.50. The highest BCUT2D eigenvalue weighted by atomic mass is 19.1. The first-order valence-electron chi connectivity index (χ1n) is 8.50. The van der Waals surface area contributed by atoms with Gasteiger partial charge in [-0.25, -0.2) is 9.37 Å². The van der Waals surface area contributed by atoms with Crippen molar-refractivity contribution >= 4 is 5.91 Å². The molecule has 0 radical (unpaired) electrons. The molecule has 0 atom stereocenters. The number of aryl methyl sites for hydroxylation is 1. The third kappa shape index (κ3) is 3.66. The summed E-state index contributed by atoms with van der Waals surface area (Å²) in [5.41, 5.74) is 1.54. The van der Waals surface area contributed by atoms with Crippen LogP contribution in [-0.4, -0.2) is 21.0 Å². The molecule has 140 valence electrons. The molecular formula is C20H15FN4O3. The van der Waals surface area contributed by atoms with Crippen LogP contribution in [0.25, 0.3) is 22.8 Å². The van der Waals surface area contributed by atoms with Gasteiger partial charge >= 0.3 is 0 Å². The number of carbonyl (C=O) groups is 1. The summed E-state index contributed by atoms with van der Waals surface area (Å²) in [6.07, 6.45) is 0. The molecule has 0 aliphatic rings. The smallest absolute Gasteiger partial charge is 0.273 e. The molecule has 7 nitrogen and oxygen atoms in total. The summed E-state index contributed by atoms with van der Waals surface area (Å²) in [7, 11) is 0. The second kappa shape index (κ2) is 7.43. The highest BCUT2D eigenvalue weighted by Crippen LogP contribution is 2.22. The zero-order valence-electron chi connectivity index (χ0n) is 14.8. The van der Waals surface area contributed by atoms with Crippen molar-refractivity contribution < 1.29 is 18.1 Å². The minimum atomic E-state index is -0.436. The number of hydrogen-bond acceptors (Lipinski definition) is 6. The van der Waals surface area contributed by atoms with Gasteiger partial charge in [-0.1, -0.05) is 35.5 Å². The summed E-state index contributed by atoms with van der Waals surface area (Å²) in [6.45, 7) is 1.69. The second-order valence-electron chi connectivity index (χ2n) is 5.99. The molecule has 0 unspecified atom stereocenters. The summed E-state index contributed by atoms with van der Waals surface area (Å²) in [6, 6.07) is 15.0. The third-order valence-electron chi connectivity index (χ3n) is 4.00. The maximum atomic E-state index is 13.1.